The Kier molecular flexibility index (Phi) is 5.47. The van der Waals surface area contributed by atoms with Crippen LogP contribution in [0.5, 0.6) is 0 Å². The van der Waals surface area contributed by atoms with Crippen LogP contribution in [0.1, 0.15) is 22.8 Å². The van der Waals surface area contributed by atoms with Crippen LogP contribution in [0.4, 0.5) is 13.2 Å². The van der Waals surface area contributed by atoms with E-state index < -0.39 is 28.9 Å². The summed E-state index contributed by atoms with van der Waals surface area (Å²) in [7, 11) is 1.30. The molecule has 0 atom stereocenters. The van der Waals surface area contributed by atoms with Crippen molar-refractivity contribution in [1.29, 1.82) is 5.26 Å². The van der Waals surface area contributed by atoms with Crippen LogP contribution in [0.25, 0.3) is 34.0 Å². The van der Waals surface area contributed by atoms with Gasteiger partial charge < -0.3 is 14.1 Å². The van der Waals surface area contributed by atoms with Gasteiger partial charge in [-0.05, 0) is 12.5 Å². The number of aromatic amines is 1. The number of halogens is 3. The Hall–Kier alpha value is -4.77. The van der Waals surface area contributed by atoms with Crippen molar-refractivity contribution in [1.82, 2.24) is 19.6 Å². The SMILES string of the molecule is C#C/C=C(/OC)c1nc(-c2c(C(F)(F)F)[nH]c3c(-c4ccccc4)c(C#N)nn3c2=O)oc1C. The van der Waals surface area contributed by atoms with E-state index in [2.05, 4.69) is 21.0 Å². The summed E-state index contributed by atoms with van der Waals surface area (Å²) in [4.78, 5) is 19.6. The quantitative estimate of drug-likeness (QED) is 0.358. The Bertz CT molecular complexity index is 1580. The molecule has 0 aliphatic rings. The summed E-state index contributed by atoms with van der Waals surface area (Å²) in [5, 5.41) is 13.5. The number of alkyl halides is 3. The number of fused-ring (bicyclic) bond motifs is 1. The number of nitrogens with zero attached hydrogens (tertiary/aromatic N) is 4. The molecule has 1 N–H and O–H groups in total. The van der Waals surface area contributed by atoms with Crippen LogP contribution in [0.3, 0.4) is 0 Å². The number of aromatic nitrogens is 4. The fourth-order valence-corrected chi connectivity index (χ4v) is 3.47. The second-order valence-electron chi connectivity index (χ2n) is 6.94. The summed E-state index contributed by atoms with van der Waals surface area (Å²) in [6, 6.07) is 9.99. The van der Waals surface area contributed by atoms with E-state index in [0.717, 1.165) is 0 Å². The lowest BCUT2D eigenvalue weighted by Crippen LogP contribution is -2.24. The van der Waals surface area contributed by atoms with E-state index in [1.54, 1.807) is 30.3 Å². The first-order chi connectivity index (χ1) is 16.2. The highest BCUT2D eigenvalue weighted by molar-refractivity contribution is 5.82. The predicted molar refractivity (Wildman–Crippen MR) is 115 cm³/mol. The number of terminal acetylenes is 1. The molecule has 0 spiro atoms. The van der Waals surface area contributed by atoms with Gasteiger partial charge in [-0.2, -0.15) is 28.0 Å². The Labute approximate surface area is 189 Å². The maximum atomic E-state index is 14.1. The van der Waals surface area contributed by atoms with Crippen molar-refractivity contribution in [2.45, 2.75) is 13.1 Å². The van der Waals surface area contributed by atoms with Crippen LogP contribution in [0.2, 0.25) is 0 Å². The van der Waals surface area contributed by atoms with E-state index in [4.69, 9.17) is 15.6 Å². The zero-order chi connectivity index (χ0) is 24.6. The lowest BCUT2D eigenvalue weighted by atomic mass is 10.1. The minimum absolute atomic E-state index is 0.0335. The first-order valence-corrected chi connectivity index (χ1v) is 9.61. The van der Waals surface area contributed by atoms with Crippen molar-refractivity contribution in [2.75, 3.05) is 7.11 Å². The third-order valence-corrected chi connectivity index (χ3v) is 4.92. The monoisotopic (exact) mass is 465 g/mol. The largest absolute Gasteiger partial charge is 0.494 e. The highest BCUT2D eigenvalue weighted by atomic mass is 19.4. The van der Waals surface area contributed by atoms with Crippen molar-refractivity contribution in [3.05, 3.63) is 69.6 Å². The normalized spacial score (nSPS) is 11.9. The second-order valence-corrected chi connectivity index (χ2v) is 6.94. The number of ether oxygens (including phenoxy) is 1. The number of hydrogen-bond acceptors (Lipinski definition) is 6. The summed E-state index contributed by atoms with van der Waals surface area (Å²) in [5.41, 5.74) is -3.51. The third kappa shape index (κ3) is 3.59. The van der Waals surface area contributed by atoms with E-state index in [0.29, 0.717) is 10.1 Å². The number of benzene rings is 1. The summed E-state index contributed by atoms with van der Waals surface area (Å²) >= 11 is 0. The number of hydrogen-bond donors (Lipinski definition) is 1. The zero-order valence-electron chi connectivity index (χ0n) is 17.7. The first kappa shape index (κ1) is 22.4. The fraction of sp³-hybridized carbons (Fsp3) is 0.130. The lowest BCUT2D eigenvalue weighted by molar-refractivity contribution is -0.140. The predicted octanol–water partition coefficient (Wildman–Crippen LogP) is 4.16. The molecule has 0 saturated heterocycles. The van der Waals surface area contributed by atoms with Crippen molar-refractivity contribution >= 4 is 11.4 Å². The van der Waals surface area contributed by atoms with E-state index in [1.807, 2.05) is 6.07 Å². The van der Waals surface area contributed by atoms with Gasteiger partial charge in [-0.1, -0.05) is 36.3 Å². The average Bonchev–Trinajstić information content (AvgIpc) is 3.37. The standard InChI is InChI=1S/C23H14F3N5O3/c1-4-8-15(33-3)18-12(2)34-21(28-18)17-19(23(24,25)26)29-20-16(13-9-6-5-7-10-13)14(11-27)30-31(20)22(17)32/h1,5-10,29H,2-3H3/b15-8+. The number of allylic oxidation sites excluding steroid dienone is 1. The highest BCUT2D eigenvalue weighted by Gasteiger charge is 2.40. The van der Waals surface area contributed by atoms with Gasteiger partial charge in [0.05, 0.1) is 12.7 Å². The summed E-state index contributed by atoms with van der Waals surface area (Å²) < 4.78 is 53.6. The molecule has 34 heavy (non-hydrogen) atoms. The van der Waals surface area contributed by atoms with Gasteiger partial charge in [0.25, 0.3) is 5.56 Å². The molecule has 170 valence electrons. The number of aryl methyl sites for hydroxylation is 1. The van der Waals surface area contributed by atoms with Crippen LogP contribution < -0.4 is 5.56 Å². The molecule has 1 aromatic carbocycles. The van der Waals surface area contributed by atoms with Gasteiger partial charge in [0.15, 0.2) is 11.5 Å². The second kappa shape index (κ2) is 8.30. The minimum Gasteiger partial charge on any atom is -0.494 e. The Balaban J connectivity index is 2.09. The minimum atomic E-state index is -5.00. The molecule has 0 amide bonds. The topological polar surface area (TPSA) is 109 Å². The van der Waals surface area contributed by atoms with Crippen molar-refractivity contribution in [3.8, 4) is 41.0 Å². The molecule has 0 aliphatic heterocycles. The van der Waals surface area contributed by atoms with Gasteiger partial charge in [0, 0.05) is 6.08 Å². The van der Waals surface area contributed by atoms with E-state index in [9.17, 15) is 23.2 Å². The molecule has 4 rings (SSSR count). The van der Waals surface area contributed by atoms with Gasteiger partial charge in [-0.3, -0.25) is 4.79 Å². The fourth-order valence-electron chi connectivity index (χ4n) is 3.47. The number of oxazole rings is 1. The number of H-pyrrole nitrogens is 1. The van der Waals surface area contributed by atoms with Crippen LogP contribution in [-0.2, 0) is 10.9 Å². The van der Waals surface area contributed by atoms with Crippen molar-refractivity contribution < 1.29 is 22.3 Å². The number of nitrogens with one attached hydrogen (secondary N) is 1. The number of nitriles is 1. The van der Waals surface area contributed by atoms with Gasteiger partial charge in [0.1, 0.15) is 34.4 Å². The maximum absolute atomic E-state index is 14.1. The Morgan fingerprint density at radius 3 is 2.59 bits per heavy atom. The van der Waals surface area contributed by atoms with E-state index in [-0.39, 0.29) is 34.1 Å². The van der Waals surface area contributed by atoms with Gasteiger partial charge in [-0.15, -0.1) is 6.42 Å². The van der Waals surface area contributed by atoms with Gasteiger partial charge in [-0.25, -0.2) is 4.98 Å². The van der Waals surface area contributed by atoms with Crippen molar-refractivity contribution in [3.63, 3.8) is 0 Å². The molecule has 0 fully saturated rings. The molecule has 11 heteroatoms. The first-order valence-electron chi connectivity index (χ1n) is 9.61. The maximum Gasteiger partial charge on any atom is 0.432 e. The molecule has 8 nitrogen and oxygen atoms in total. The molecule has 0 saturated carbocycles. The molecule has 0 unspecified atom stereocenters. The molecule has 0 aliphatic carbocycles. The smallest absolute Gasteiger partial charge is 0.432 e. The highest BCUT2D eigenvalue weighted by Crippen LogP contribution is 2.37. The van der Waals surface area contributed by atoms with E-state index in [1.165, 1.54) is 20.1 Å². The van der Waals surface area contributed by atoms with Gasteiger partial charge in [0.2, 0.25) is 5.89 Å². The zero-order valence-corrected chi connectivity index (χ0v) is 17.7. The average molecular weight is 465 g/mol. The molecule has 3 aromatic heterocycles. The van der Waals surface area contributed by atoms with Crippen molar-refractivity contribution in [2.24, 2.45) is 0 Å². The summed E-state index contributed by atoms with van der Waals surface area (Å²) in [6.45, 7) is 1.43. The molecule has 3 heterocycles. The number of methoxy groups -OCH3 is 1. The van der Waals surface area contributed by atoms with Crippen LogP contribution >= 0.6 is 0 Å². The van der Waals surface area contributed by atoms with Crippen LogP contribution in [-0.4, -0.2) is 26.7 Å². The van der Waals surface area contributed by atoms with E-state index >= 15 is 0 Å². The van der Waals surface area contributed by atoms with Crippen LogP contribution in [0, 0.1) is 30.6 Å². The molecular weight excluding hydrogens is 451 g/mol. The van der Waals surface area contributed by atoms with Gasteiger partial charge >= 0.3 is 6.18 Å². The lowest BCUT2D eigenvalue weighted by Gasteiger charge is -2.11. The Morgan fingerprint density at radius 2 is 2.00 bits per heavy atom. The number of rotatable bonds is 4. The molecule has 0 bridgehead atoms. The molecular formula is C23H14F3N5O3. The molecule has 4 aromatic rings. The summed E-state index contributed by atoms with van der Waals surface area (Å²) in [6.07, 6.45) is 1.47. The molecule has 0 radical (unpaired) electrons. The third-order valence-electron chi connectivity index (χ3n) is 4.92. The van der Waals surface area contributed by atoms with Crippen LogP contribution in [0.15, 0.2) is 45.6 Å². The summed E-state index contributed by atoms with van der Waals surface area (Å²) in [5.74, 6) is 1.77. The Morgan fingerprint density at radius 1 is 1.29 bits per heavy atom.